The van der Waals surface area contributed by atoms with E-state index in [1.165, 1.54) is 0 Å². The van der Waals surface area contributed by atoms with Crippen LogP contribution < -0.4 is 5.73 Å². The lowest BCUT2D eigenvalue weighted by Crippen LogP contribution is -2.42. The topological polar surface area (TPSA) is 136 Å². The molecule has 1 saturated heterocycles. The van der Waals surface area contributed by atoms with Gasteiger partial charge in [0.05, 0.1) is 23.4 Å². The van der Waals surface area contributed by atoms with Crippen LogP contribution in [-0.4, -0.2) is 49.4 Å². The van der Waals surface area contributed by atoms with Crippen molar-refractivity contribution >= 4 is 23.0 Å². The summed E-state index contributed by atoms with van der Waals surface area (Å²) in [7, 11) is 0. The van der Waals surface area contributed by atoms with Gasteiger partial charge in [-0.15, -0.1) is 0 Å². The highest BCUT2D eigenvalue weighted by Crippen LogP contribution is 2.33. The fraction of sp³-hybridized carbons (Fsp3) is 0.346. The summed E-state index contributed by atoms with van der Waals surface area (Å²) < 4.78 is 13.3. The van der Waals surface area contributed by atoms with Crippen LogP contribution in [0.5, 0.6) is 0 Å². The number of likely N-dealkylation sites (tertiary alicyclic amines) is 1. The first-order valence-corrected chi connectivity index (χ1v) is 11.8. The van der Waals surface area contributed by atoms with Gasteiger partial charge in [0.1, 0.15) is 23.0 Å². The molecular formula is C26H27N7O3. The van der Waals surface area contributed by atoms with E-state index in [2.05, 4.69) is 21.1 Å². The van der Waals surface area contributed by atoms with E-state index in [0.29, 0.717) is 41.2 Å². The van der Waals surface area contributed by atoms with Gasteiger partial charge in [-0.1, -0.05) is 6.07 Å². The third-order valence-corrected chi connectivity index (χ3v) is 6.11. The van der Waals surface area contributed by atoms with Crippen molar-refractivity contribution in [1.29, 1.82) is 5.26 Å². The van der Waals surface area contributed by atoms with Gasteiger partial charge in [-0.3, -0.25) is 4.68 Å². The van der Waals surface area contributed by atoms with Crippen LogP contribution in [0.4, 0.5) is 10.6 Å². The second kappa shape index (κ2) is 9.00. The Kier molecular flexibility index (Phi) is 5.84. The van der Waals surface area contributed by atoms with Gasteiger partial charge in [0.15, 0.2) is 5.58 Å². The molecule has 10 heteroatoms. The highest BCUT2D eigenvalue weighted by atomic mass is 16.6. The number of pyridine rings is 1. The first kappa shape index (κ1) is 23.4. The van der Waals surface area contributed by atoms with Crippen molar-refractivity contribution < 1.29 is 13.9 Å². The van der Waals surface area contributed by atoms with E-state index in [9.17, 15) is 10.1 Å². The van der Waals surface area contributed by atoms with Crippen LogP contribution in [0, 0.1) is 11.3 Å². The molecule has 184 valence electrons. The number of hydrogen-bond donors (Lipinski definition) is 1. The van der Waals surface area contributed by atoms with Crippen LogP contribution in [-0.2, 0) is 4.74 Å². The second-order valence-electron chi connectivity index (χ2n) is 9.85. The minimum Gasteiger partial charge on any atom is -0.444 e. The molecule has 1 fully saturated rings. The third-order valence-electron chi connectivity index (χ3n) is 6.11. The van der Waals surface area contributed by atoms with Gasteiger partial charge in [0.25, 0.3) is 0 Å². The number of carbonyl (C=O) groups excluding carboxylic acids is 1. The van der Waals surface area contributed by atoms with E-state index < -0.39 is 5.60 Å². The Morgan fingerprint density at radius 2 is 2.00 bits per heavy atom. The zero-order valence-electron chi connectivity index (χ0n) is 20.4. The molecule has 0 bridgehead atoms. The number of fused-ring (bicyclic) bond motifs is 1. The summed E-state index contributed by atoms with van der Waals surface area (Å²) in [5.41, 5.74) is 9.31. The summed E-state index contributed by atoms with van der Waals surface area (Å²) in [6, 6.07) is 9.40. The number of rotatable bonds is 3. The molecule has 2 N–H and O–H groups in total. The quantitative estimate of drug-likeness (QED) is 0.438. The fourth-order valence-electron chi connectivity index (χ4n) is 4.28. The Hall–Kier alpha value is -4.39. The molecule has 0 atom stereocenters. The molecule has 0 aliphatic carbocycles. The molecule has 1 aliphatic rings. The molecule has 5 rings (SSSR count). The summed E-state index contributed by atoms with van der Waals surface area (Å²) >= 11 is 0. The predicted molar refractivity (Wildman–Crippen MR) is 134 cm³/mol. The Labute approximate surface area is 208 Å². The molecule has 1 aliphatic heterocycles. The van der Waals surface area contributed by atoms with Crippen LogP contribution in [0.1, 0.15) is 45.2 Å². The summed E-state index contributed by atoms with van der Waals surface area (Å²) in [6.07, 6.45) is 6.76. The number of carbonyl (C=O) groups is 1. The summed E-state index contributed by atoms with van der Waals surface area (Å²) in [4.78, 5) is 23.0. The Bertz CT molecular complexity index is 1470. The molecule has 10 nitrogen and oxygen atoms in total. The van der Waals surface area contributed by atoms with Crippen LogP contribution >= 0.6 is 0 Å². The smallest absolute Gasteiger partial charge is 0.410 e. The molecule has 0 saturated carbocycles. The van der Waals surface area contributed by atoms with Crippen molar-refractivity contribution in [1.82, 2.24) is 24.6 Å². The van der Waals surface area contributed by atoms with E-state index in [1.807, 2.05) is 37.7 Å². The number of nitrogens with two attached hydrogens (primary N) is 1. The van der Waals surface area contributed by atoms with E-state index in [4.69, 9.17) is 14.9 Å². The molecule has 1 amide bonds. The third kappa shape index (κ3) is 4.60. The normalized spacial score (nSPS) is 14.7. The molecule has 4 heterocycles. The lowest BCUT2D eigenvalue weighted by molar-refractivity contribution is 0.0185. The highest BCUT2D eigenvalue weighted by molar-refractivity contribution is 5.84. The van der Waals surface area contributed by atoms with Crippen molar-refractivity contribution in [3.63, 3.8) is 0 Å². The first-order chi connectivity index (χ1) is 17.2. The molecule has 0 unspecified atom stereocenters. The lowest BCUT2D eigenvalue weighted by atomic mass is 10.1. The number of nitrogen functional groups attached to an aromatic ring is 1. The monoisotopic (exact) mass is 485 g/mol. The number of nitrogens with zero attached hydrogens (tertiary/aromatic N) is 6. The Balaban J connectivity index is 1.34. The van der Waals surface area contributed by atoms with Crippen LogP contribution in [0.15, 0.2) is 47.3 Å². The maximum Gasteiger partial charge on any atom is 0.410 e. The van der Waals surface area contributed by atoms with Gasteiger partial charge >= 0.3 is 6.09 Å². The largest absolute Gasteiger partial charge is 0.444 e. The number of anilines is 1. The minimum absolute atomic E-state index is 0.181. The number of amides is 1. The summed E-state index contributed by atoms with van der Waals surface area (Å²) in [6.45, 7) is 6.84. The van der Waals surface area contributed by atoms with E-state index in [1.54, 1.807) is 35.5 Å². The van der Waals surface area contributed by atoms with Crippen LogP contribution in [0.25, 0.3) is 33.7 Å². The van der Waals surface area contributed by atoms with E-state index in [-0.39, 0.29) is 18.0 Å². The number of ether oxygens (including phenoxy) is 1. The number of benzene rings is 1. The van der Waals surface area contributed by atoms with Crippen molar-refractivity contribution in [3.05, 3.63) is 48.4 Å². The van der Waals surface area contributed by atoms with Crippen molar-refractivity contribution in [2.45, 2.75) is 45.3 Å². The van der Waals surface area contributed by atoms with E-state index >= 15 is 0 Å². The molecule has 4 aromatic rings. The zero-order valence-corrected chi connectivity index (χ0v) is 20.4. The number of hydrogen-bond acceptors (Lipinski definition) is 8. The average Bonchev–Trinajstić information content (AvgIpc) is 3.51. The molecule has 0 spiro atoms. The summed E-state index contributed by atoms with van der Waals surface area (Å²) in [5.74, 6) is 0.590. The first-order valence-electron chi connectivity index (χ1n) is 11.8. The van der Waals surface area contributed by atoms with Gasteiger partial charge in [-0.2, -0.15) is 10.4 Å². The predicted octanol–water partition coefficient (Wildman–Crippen LogP) is 4.78. The molecule has 0 radical (unpaired) electrons. The molecule has 36 heavy (non-hydrogen) atoms. The number of nitriles is 1. The van der Waals surface area contributed by atoms with E-state index in [0.717, 1.165) is 24.0 Å². The zero-order chi connectivity index (χ0) is 25.4. The van der Waals surface area contributed by atoms with Gasteiger partial charge in [-0.05, 0) is 51.8 Å². The number of para-hydroxylation sites is 1. The molecule has 1 aromatic carbocycles. The average molecular weight is 486 g/mol. The van der Waals surface area contributed by atoms with Gasteiger partial charge in [-0.25, -0.2) is 14.8 Å². The number of oxazole rings is 1. The SMILES string of the molecule is CC(C)(C)OC(=O)N1CCC(n2cc(-c3cnc(N)c(-c4nc5cccc(C#N)c5o4)c3)cn2)CC1. The number of aromatic nitrogens is 4. The molecular weight excluding hydrogens is 458 g/mol. The van der Waals surface area contributed by atoms with Crippen molar-refractivity contribution in [2.24, 2.45) is 0 Å². The van der Waals surface area contributed by atoms with Crippen molar-refractivity contribution in [3.8, 4) is 28.7 Å². The molecule has 3 aromatic heterocycles. The fourth-order valence-corrected chi connectivity index (χ4v) is 4.28. The van der Waals surface area contributed by atoms with Gasteiger partial charge in [0, 0.05) is 36.6 Å². The second-order valence-corrected chi connectivity index (χ2v) is 9.85. The minimum atomic E-state index is -0.507. The van der Waals surface area contributed by atoms with Gasteiger partial charge in [0.2, 0.25) is 5.89 Å². The highest BCUT2D eigenvalue weighted by Gasteiger charge is 2.28. The summed E-state index contributed by atoms with van der Waals surface area (Å²) in [5, 5.41) is 13.9. The van der Waals surface area contributed by atoms with Crippen molar-refractivity contribution in [2.75, 3.05) is 18.8 Å². The van der Waals surface area contributed by atoms with Crippen LogP contribution in [0.3, 0.4) is 0 Å². The standard InChI is InChI=1S/C26H27N7O3/c1-26(2,3)36-25(34)32-9-7-19(8-10-32)33-15-18(14-30-33)17-11-20(23(28)29-13-17)24-31-21-6-4-5-16(12-27)22(21)35-24/h4-6,11,13-15,19H,7-10H2,1-3H3,(H2,28,29). The van der Waals surface area contributed by atoms with Gasteiger partial charge < -0.3 is 19.8 Å². The maximum atomic E-state index is 12.4. The number of piperidine rings is 1. The Morgan fingerprint density at radius 1 is 1.22 bits per heavy atom. The lowest BCUT2D eigenvalue weighted by Gasteiger charge is -2.33. The van der Waals surface area contributed by atoms with Crippen LogP contribution in [0.2, 0.25) is 0 Å². The maximum absolute atomic E-state index is 12.4. The Morgan fingerprint density at radius 3 is 2.72 bits per heavy atom.